The van der Waals surface area contributed by atoms with Crippen molar-refractivity contribution < 1.29 is 13.5 Å². The number of para-hydroxylation sites is 1. The second kappa shape index (κ2) is 4.09. The van der Waals surface area contributed by atoms with Crippen LogP contribution in [-0.2, 0) is 0 Å². The summed E-state index contributed by atoms with van der Waals surface area (Å²) in [4.78, 5) is 6.83. The summed E-state index contributed by atoms with van der Waals surface area (Å²) in [5.41, 5.74) is 5.22. The molecule has 0 aliphatic heterocycles. The van der Waals surface area contributed by atoms with E-state index in [0.29, 0.717) is 0 Å². The van der Waals surface area contributed by atoms with E-state index < -0.39 is 11.8 Å². The van der Waals surface area contributed by atoms with Gasteiger partial charge in [-0.1, -0.05) is 12.1 Å². The van der Waals surface area contributed by atoms with E-state index in [9.17, 15) is 8.78 Å². The smallest absolute Gasteiger partial charge is 0.227 e. The molecule has 2 aromatic rings. The van der Waals surface area contributed by atoms with Crippen LogP contribution in [0, 0.1) is 11.8 Å². The van der Waals surface area contributed by atoms with Crippen LogP contribution in [-0.4, -0.2) is 9.97 Å². The van der Waals surface area contributed by atoms with Crippen LogP contribution < -0.4 is 10.5 Å². The van der Waals surface area contributed by atoms with Gasteiger partial charge in [0, 0.05) is 0 Å². The van der Waals surface area contributed by atoms with Crippen LogP contribution in [0.2, 0.25) is 0 Å². The molecule has 0 bridgehead atoms. The summed E-state index contributed by atoms with van der Waals surface area (Å²) in [5, 5.41) is 0. The molecule has 0 saturated carbocycles. The molecule has 16 heavy (non-hydrogen) atoms. The highest BCUT2D eigenvalue weighted by Gasteiger charge is 2.07. The first kappa shape index (κ1) is 10.3. The van der Waals surface area contributed by atoms with Crippen molar-refractivity contribution in [3.63, 3.8) is 0 Å². The highest BCUT2D eigenvalue weighted by atomic mass is 19.1. The van der Waals surface area contributed by atoms with Crippen molar-refractivity contribution in [3.05, 3.63) is 42.1 Å². The van der Waals surface area contributed by atoms with Gasteiger partial charge in [-0.2, -0.15) is 14.4 Å². The molecule has 4 nitrogen and oxygen atoms in total. The first-order valence-electron chi connectivity index (χ1n) is 4.37. The Morgan fingerprint density at radius 1 is 1.12 bits per heavy atom. The molecule has 0 spiro atoms. The van der Waals surface area contributed by atoms with Crippen molar-refractivity contribution in [2.45, 2.75) is 0 Å². The predicted octanol–water partition coefficient (Wildman–Crippen LogP) is 2.13. The predicted molar refractivity (Wildman–Crippen MR) is 52.9 cm³/mol. The Balaban J connectivity index is 2.30. The van der Waals surface area contributed by atoms with Crippen LogP contribution in [0.1, 0.15) is 0 Å². The minimum Gasteiger partial charge on any atom is -0.436 e. The Kier molecular flexibility index (Phi) is 2.63. The second-order valence-electron chi connectivity index (χ2n) is 2.92. The number of hydrogen-bond donors (Lipinski definition) is 1. The van der Waals surface area contributed by atoms with Crippen LogP contribution in [0.4, 0.5) is 14.7 Å². The van der Waals surface area contributed by atoms with Crippen LogP contribution in [0.5, 0.6) is 11.6 Å². The van der Waals surface area contributed by atoms with E-state index >= 15 is 0 Å². The molecular weight excluding hydrogens is 216 g/mol. The Hall–Kier alpha value is -2.24. The molecule has 0 aliphatic rings. The standard InChI is InChI=1S/C10H7F2N3O/c11-6-3-1-2-4-7(6)16-9-5-8(12)14-10(13)15-9/h1-5H,(H2,13,14,15). The van der Waals surface area contributed by atoms with Crippen molar-refractivity contribution in [2.75, 3.05) is 5.73 Å². The summed E-state index contributed by atoms with van der Waals surface area (Å²) in [5.74, 6) is -1.87. The molecule has 0 radical (unpaired) electrons. The van der Waals surface area contributed by atoms with Crippen LogP contribution in [0.25, 0.3) is 0 Å². The Bertz CT molecular complexity index is 499. The van der Waals surface area contributed by atoms with Gasteiger partial charge >= 0.3 is 0 Å². The summed E-state index contributed by atoms with van der Waals surface area (Å²) >= 11 is 0. The van der Waals surface area contributed by atoms with Gasteiger partial charge in [0.2, 0.25) is 17.8 Å². The minimum absolute atomic E-state index is 0.0556. The van der Waals surface area contributed by atoms with Crippen LogP contribution >= 0.6 is 0 Å². The van der Waals surface area contributed by atoms with Crippen molar-refractivity contribution in [1.29, 1.82) is 0 Å². The van der Waals surface area contributed by atoms with Gasteiger partial charge in [0.1, 0.15) is 0 Å². The number of ether oxygens (including phenoxy) is 1. The summed E-state index contributed by atoms with van der Waals surface area (Å²) in [6.07, 6.45) is 0. The van der Waals surface area contributed by atoms with Gasteiger partial charge in [-0.25, -0.2) is 4.39 Å². The number of hydrogen-bond acceptors (Lipinski definition) is 4. The number of nitrogens with two attached hydrogens (primary N) is 1. The maximum atomic E-state index is 13.2. The van der Waals surface area contributed by atoms with Gasteiger partial charge in [-0.05, 0) is 12.1 Å². The van der Waals surface area contributed by atoms with Crippen molar-refractivity contribution in [1.82, 2.24) is 9.97 Å². The second-order valence-corrected chi connectivity index (χ2v) is 2.92. The van der Waals surface area contributed by atoms with Gasteiger partial charge in [-0.3, -0.25) is 0 Å². The number of aromatic nitrogens is 2. The van der Waals surface area contributed by atoms with Crippen molar-refractivity contribution >= 4 is 5.95 Å². The number of nitrogens with zero attached hydrogens (tertiary/aromatic N) is 2. The van der Waals surface area contributed by atoms with E-state index in [-0.39, 0.29) is 17.6 Å². The zero-order valence-electron chi connectivity index (χ0n) is 8.02. The lowest BCUT2D eigenvalue weighted by Crippen LogP contribution is -1.99. The van der Waals surface area contributed by atoms with Gasteiger partial charge in [0.15, 0.2) is 11.6 Å². The Morgan fingerprint density at radius 2 is 1.88 bits per heavy atom. The zero-order chi connectivity index (χ0) is 11.5. The molecule has 2 N–H and O–H groups in total. The molecule has 1 aromatic carbocycles. The van der Waals surface area contributed by atoms with E-state index in [4.69, 9.17) is 10.5 Å². The Labute approximate surface area is 89.7 Å². The largest absolute Gasteiger partial charge is 0.436 e. The van der Waals surface area contributed by atoms with Gasteiger partial charge in [0.05, 0.1) is 6.07 Å². The lowest BCUT2D eigenvalue weighted by molar-refractivity contribution is 0.421. The van der Waals surface area contributed by atoms with E-state index in [2.05, 4.69) is 9.97 Å². The monoisotopic (exact) mass is 223 g/mol. The first-order valence-corrected chi connectivity index (χ1v) is 4.37. The number of benzene rings is 1. The fourth-order valence-electron chi connectivity index (χ4n) is 1.11. The maximum Gasteiger partial charge on any atom is 0.227 e. The molecule has 0 atom stereocenters. The molecule has 0 saturated heterocycles. The third-order valence-corrected chi connectivity index (χ3v) is 1.74. The Morgan fingerprint density at radius 3 is 2.56 bits per heavy atom. The van der Waals surface area contributed by atoms with Crippen molar-refractivity contribution in [2.24, 2.45) is 0 Å². The minimum atomic E-state index is -0.834. The maximum absolute atomic E-state index is 13.2. The molecule has 0 aliphatic carbocycles. The van der Waals surface area contributed by atoms with E-state index in [1.54, 1.807) is 6.07 Å². The fourth-order valence-corrected chi connectivity index (χ4v) is 1.11. The quantitative estimate of drug-likeness (QED) is 0.792. The highest BCUT2D eigenvalue weighted by Crippen LogP contribution is 2.22. The molecule has 0 amide bonds. The molecule has 82 valence electrons. The third-order valence-electron chi connectivity index (χ3n) is 1.74. The number of halogens is 2. The van der Waals surface area contributed by atoms with Gasteiger partial charge < -0.3 is 10.5 Å². The third kappa shape index (κ3) is 2.22. The van der Waals surface area contributed by atoms with E-state index in [1.165, 1.54) is 18.2 Å². The number of rotatable bonds is 2. The average molecular weight is 223 g/mol. The SMILES string of the molecule is Nc1nc(F)cc(Oc2ccccc2F)n1. The van der Waals surface area contributed by atoms with E-state index in [1.807, 2.05) is 0 Å². The number of nitrogen functional groups attached to an aromatic ring is 1. The lowest BCUT2D eigenvalue weighted by atomic mass is 10.3. The molecule has 6 heteroatoms. The van der Waals surface area contributed by atoms with Crippen molar-refractivity contribution in [3.8, 4) is 11.6 Å². The summed E-state index contributed by atoms with van der Waals surface area (Å²) in [6.45, 7) is 0. The summed E-state index contributed by atoms with van der Waals surface area (Å²) in [7, 11) is 0. The topological polar surface area (TPSA) is 61.0 Å². The van der Waals surface area contributed by atoms with Gasteiger partial charge in [-0.15, -0.1) is 0 Å². The number of anilines is 1. The first-order chi connectivity index (χ1) is 7.65. The summed E-state index contributed by atoms with van der Waals surface area (Å²) < 4.78 is 31.0. The molecule has 0 fully saturated rings. The molecule has 0 unspecified atom stereocenters. The molecular formula is C10H7F2N3O. The van der Waals surface area contributed by atoms with E-state index in [0.717, 1.165) is 6.07 Å². The van der Waals surface area contributed by atoms with Gasteiger partial charge in [0.25, 0.3) is 0 Å². The van der Waals surface area contributed by atoms with Crippen LogP contribution in [0.3, 0.4) is 0 Å². The normalized spacial score (nSPS) is 10.1. The lowest BCUT2D eigenvalue weighted by Gasteiger charge is -2.05. The summed E-state index contributed by atoms with van der Waals surface area (Å²) in [6, 6.07) is 6.63. The van der Waals surface area contributed by atoms with Crippen LogP contribution in [0.15, 0.2) is 30.3 Å². The molecule has 1 heterocycles. The molecule has 2 rings (SSSR count). The molecule has 1 aromatic heterocycles. The zero-order valence-corrected chi connectivity index (χ0v) is 8.02. The average Bonchev–Trinajstić information content (AvgIpc) is 2.20. The fraction of sp³-hybridized carbons (Fsp3) is 0. The highest BCUT2D eigenvalue weighted by molar-refractivity contribution is 5.30.